The van der Waals surface area contributed by atoms with Gasteiger partial charge in [-0.1, -0.05) is 38.8 Å². The van der Waals surface area contributed by atoms with Crippen LogP contribution >= 0.6 is 31.9 Å². The van der Waals surface area contributed by atoms with Crippen LogP contribution < -0.4 is 4.74 Å². The van der Waals surface area contributed by atoms with Crippen LogP contribution in [-0.4, -0.2) is 29.9 Å². The zero-order chi connectivity index (χ0) is 13.1. The van der Waals surface area contributed by atoms with Crippen LogP contribution in [0.15, 0.2) is 22.7 Å². The molecule has 100 valence electrons. The molecule has 1 fully saturated rings. The molecule has 1 aromatic rings. The number of rotatable bonds is 4. The van der Waals surface area contributed by atoms with E-state index in [1.165, 1.54) is 18.5 Å². The van der Waals surface area contributed by atoms with Crippen molar-refractivity contribution in [1.82, 2.24) is 4.90 Å². The van der Waals surface area contributed by atoms with Crippen molar-refractivity contribution in [3.63, 3.8) is 0 Å². The molecular formula is C14H19Br2NO. The Bertz CT molecular complexity index is 411. The minimum Gasteiger partial charge on any atom is -0.497 e. The van der Waals surface area contributed by atoms with Crippen LogP contribution in [0.4, 0.5) is 0 Å². The molecule has 0 saturated carbocycles. The number of alkyl halides is 1. The highest BCUT2D eigenvalue weighted by Crippen LogP contribution is 2.30. The lowest BCUT2D eigenvalue weighted by Gasteiger charge is -2.25. The number of ether oxygens (including phenoxy) is 1. The zero-order valence-electron chi connectivity index (χ0n) is 10.8. The molecule has 0 spiro atoms. The number of benzene rings is 1. The number of hydrogen-bond acceptors (Lipinski definition) is 2. The van der Waals surface area contributed by atoms with Gasteiger partial charge in [-0.3, -0.25) is 4.90 Å². The Labute approximate surface area is 126 Å². The average Bonchev–Trinajstić information content (AvgIpc) is 2.72. The lowest BCUT2D eigenvalue weighted by molar-refractivity contribution is 0.243. The summed E-state index contributed by atoms with van der Waals surface area (Å²) >= 11 is 7.27. The summed E-state index contributed by atoms with van der Waals surface area (Å²) in [5.74, 6) is 1.70. The van der Waals surface area contributed by atoms with E-state index in [1.54, 1.807) is 7.11 Å². The maximum absolute atomic E-state index is 5.30. The highest BCUT2D eigenvalue weighted by molar-refractivity contribution is 9.10. The molecule has 1 saturated heterocycles. The summed E-state index contributed by atoms with van der Waals surface area (Å²) in [6, 6.07) is 6.82. The largest absolute Gasteiger partial charge is 0.497 e. The fourth-order valence-electron chi connectivity index (χ4n) is 2.55. The van der Waals surface area contributed by atoms with Gasteiger partial charge in [0, 0.05) is 22.4 Å². The maximum Gasteiger partial charge on any atom is 0.119 e. The van der Waals surface area contributed by atoms with Crippen molar-refractivity contribution in [2.45, 2.75) is 25.9 Å². The molecule has 2 atom stereocenters. The Hall–Kier alpha value is -0.0600. The van der Waals surface area contributed by atoms with E-state index in [-0.39, 0.29) is 0 Å². The van der Waals surface area contributed by atoms with Gasteiger partial charge < -0.3 is 4.74 Å². The van der Waals surface area contributed by atoms with Crippen molar-refractivity contribution in [2.75, 3.05) is 19.0 Å². The molecule has 0 amide bonds. The second-order valence-corrected chi connectivity index (χ2v) is 6.42. The average molecular weight is 377 g/mol. The van der Waals surface area contributed by atoms with Gasteiger partial charge in [0.15, 0.2) is 0 Å². The van der Waals surface area contributed by atoms with Gasteiger partial charge in [-0.15, -0.1) is 0 Å². The fraction of sp³-hybridized carbons (Fsp3) is 0.571. The highest BCUT2D eigenvalue weighted by Gasteiger charge is 2.30. The monoisotopic (exact) mass is 375 g/mol. The van der Waals surface area contributed by atoms with Gasteiger partial charge in [0.1, 0.15) is 5.75 Å². The topological polar surface area (TPSA) is 12.5 Å². The number of hydrogen-bond donors (Lipinski definition) is 0. The lowest BCUT2D eigenvalue weighted by atomic mass is 10.0. The molecule has 1 aromatic carbocycles. The molecule has 18 heavy (non-hydrogen) atoms. The van der Waals surface area contributed by atoms with Crippen LogP contribution in [-0.2, 0) is 6.54 Å². The SMILES string of the molecule is COc1ccc(Br)c(CN2CCC(C)C2CBr)c1. The molecular weight excluding hydrogens is 358 g/mol. The molecule has 0 aliphatic carbocycles. The van der Waals surface area contributed by atoms with Crippen molar-refractivity contribution < 1.29 is 4.74 Å². The van der Waals surface area contributed by atoms with Crippen molar-refractivity contribution >= 4 is 31.9 Å². The van der Waals surface area contributed by atoms with Crippen molar-refractivity contribution in [3.05, 3.63) is 28.2 Å². The van der Waals surface area contributed by atoms with Crippen molar-refractivity contribution in [3.8, 4) is 5.75 Å². The molecule has 2 rings (SSSR count). The van der Waals surface area contributed by atoms with Crippen LogP contribution in [0.5, 0.6) is 5.75 Å². The first kappa shape index (κ1) is 14.4. The third-order valence-electron chi connectivity index (χ3n) is 3.78. The van der Waals surface area contributed by atoms with E-state index in [4.69, 9.17) is 4.74 Å². The lowest BCUT2D eigenvalue weighted by Crippen LogP contribution is -2.33. The molecule has 0 aromatic heterocycles. The van der Waals surface area contributed by atoms with Crippen LogP contribution in [0.25, 0.3) is 0 Å². The number of halogens is 2. The van der Waals surface area contributed by atoms with E-state index in [1.807, 2.05) is 6.07 Å². The van der Waals surface area contributed by atoms with Gasteiger partial charge in [0.2, 0.25) is 0 Å². The second-order valence-electron chi connectivity index (χ2n) is 4.92. The van der Waals surface area contributed by atoms with Crippen LogP contribution in [0.2, 0.25) is 0 Å². The van der Waals surface area contributed by atoms with E-state index in [0.29, 0.717) is 6.04 Å². The molecule has 4 heteroatoms. The molecule has 1 aliphatic rings. The van der Waals surface area contributed by atoms with Gasteiger partial charge in [0.25, 0.3) is 0 Å². The van der Waals surface area contributed by atoms with Gasteiger partial charge in [-0.05, 0) is 42.6 Å². The summed E-state index contributed by atoms with van der Waals surface area (Å²) in [6.45, 7) is 4.51. The Kier molecular flexibility index (Phi) is 5.10. The number of likely N-dealkylation sites (tertiary alicyclic amines) is 1. The maximum atomic E-state index is 5.30. The van der Waals surface area contributed by atoms with Gasteiger partial charge in [-0.25, -0.2) is 0 Å². The summed E-state index contributed by atoms with van der Waals surface area (Å²) in [5.41, 5.74) is 1.30. The molecule has 0 bridgehead atoms. The summed E-state index contributed by atoms with van der Waals surface area (Å²) in [6.07, 6.45) is 1.29. The Morgan fingerprint density at radius 1 is 1.44 bits per heavy atom. The van der Waals surface area contributed by atoms with Crippen LogP contribution in [0, 0.1) is 5.92 Å². The van der Waals surface area contributed by atoms with E-state index in [9.17, 15) is 0 Å². The normalized spacial score (nSPS) is 24.4. The van der Waals surface area contributed by atoms with Gasteiger partial charge >= 0.3 is 0 Å². The molecule has 2 nitrogen and oxygen atoms in total. The molecule has 0 radical (unpaired) electrons. The standard InChI is InChI=1S/C14H19Br2NO/c1-10-5-6-17(14(10)8-15)9-11-7-12(18-2)3-4-13(11)16/h3-4,7,10,14H,5-6,8-9H2,1-2H3. The quantitative estimate of drug-likeness (QED) is 0.734. The second kappa shape index (κ2) is 6.40. The summed E-state index contributed by atoms with van der Waals surface area (Å²) in [5, 5.41) is 1.05. The minimum atomic E-state index is 0.642. The highest BCUT2D eigenvalue weighted by atomic mass is 79.9. The van der Waals surface area contributed by atoms with Crippen LogP contribution in [0.3, 0.4) is 0 Å². The summed E-state index contributed by atoms with van der Waals surface area (Å²) in [4.78, 5) is 2.55. The predicted molar refractivity (Wildman–Crippen MR) is 82.5 cm³/mol. The predicted octanol–water partition coefficient (Wildman–Crippen LogP) is 4.06. The fourth-order valence-corrected chi connectivity index (χ4v) is 3.97. The Morgan fingerprint density at radius 3 is 2.89 bits per heavy atom. The number of methoxy groups -OCH3 is 1. The summed E-state index contributed by atoms with van der Waals surface area (Å²) in [7, 11) is 1.71. The van der Waals surface area contributed by atoms with E-state index in [0.717, 1.165) is 28.0 Å². The Balaban J connectivity index is 2.13. The van der Waals surface area contributed by atoms with Gasteiger partial charge in [-0.2, -0.15) is 0 Å². The zero-order valence-corrected chi connectivity index (χ0v) is 14.0. The van der Waals surface area contributed by atoms with Gasteiger partial charge in [0.05, 0.1) is 7.11 Å². The smallest absolute Gasteiger partial charge is 0.119 e. The van der Waals surface area contributed by atoms with Crippen molar-refractivity contribution in [2.24, 2.45) is 5.92 Å². The molecule has 1 aliphatic heterocycles. The third-order valence-corrected chi connectivity index (χ3v) is 5.22. The first-order valence-corrected chi connectivity index (χ1v) is 8.19. The first-order chi connectivity index (χ1) is 8.65. The van der Waals surface area contributed by atoms with Crippen molar-refractivity contribution in [1.29, 1.82) is 0 Å². The van der Waals surface area contributed by atoms with E-state index >= 15 is 0 Å². The molecule has 2 unspecified atom stereocenters. The van der Waals surface area contributed by atoms with E-state index < -0.39 is 0 Å². The van der Waals surface area contributed by atoms with Crippen LogP contribution in [0.1, 0.15) is 18.9 Å². The third kappa shape index (κ3) is 3.09. The molecule has 1 heterocycles. The number of nitrogens with zero attached hydrogens (tertiary/aromatic N) is 1. The first-order valence-electron chi connectivity index (χ1n) is 6.28. The molecule has 0 N–H and O–H groups in total. The van der Waals surface area contributed by atoms with E-state index in [2.05, 4.69) is 55.8 Å². The Morgan fingerprint density at radius 2 is 2.22 bits per heavy atom. The minimum absolute atomic E-state index is 0.642. The summed E-state index contributed by atoms with van der Waals surface area (Å²) < 4.78 is 6.46.